The van der Waals surface area contributed by atoms with Gasteiger partial charge in [-0.2, -0.15) is 4.98 Å². The number of sulfone groups is 1. The molecule has 124 valence electrons. The van der Waals surface area contributed by atoms with Crippen molar-refractivity contribution in [3.8, 4) is 0 Å². The molecular formula is C17H22N2O3S. The molecule has 0 saturated heterocycles. The van der Waals surface area contributed by atoms with Gasteiger partial charge in [-0.25, -0.2) is 8.42 Å². The number of hydrogen-bond donors (Lipinski definition) is 0. The Bertz CT molecular complexity index is 803. The van der Waals surface area contributed by atoms with Crippen LogP contribution in [0.4, 0.5) is 0 Å². The molecule has 2 aromatic rings. The fraction of sp³-hybridized carbons (Fsp3) is 0.529. The van der Waals surface area contributed by atoms with E-state index in [1.165, 1.54) is 0 Å². The van der Waals surface area contributed by atoms with Crippen molar-refractivity contribution in [1.29, 1.82) is 0 Å². The van der Waals surface area contributed by atoms with Crippen LogP contribution in [0.3, 0.4) is 0 Å². The van der Waals surface area contributed by atoms with Crippen molar-refractivity contribution in [2.45, 2.75) is 56.5 Å². The summed E-state index contributed by atoms with van der Waals surface area (Å²) in [7, 11) is -3.38. The zero-order valence-electron chi connectivity index (χ0n) is 13.7. The van der Waals surface area contributed by atoms with Gasteiger partial charge in [-0.15, -0.1) is 0 Å². The van der Waals surface area contributed by atoms with Crippen LogP contribution in [-0.2, 0) is 27.4 Å². The molecule has 5 nitrogen and oxygen atoms in total. The van der Waals surface area contributed by atoms with Gasteiger partial charge in [0, 0.05) is 5.41 Å². The molecule has 1 aliphatic rings. The van der Waals surface area contributed by atoms with Gasteiger partial charge in [0.05, 0.1) is 5.25 Å². The highest BCUT2D eigenvalue weighted by Gasteiger charge is 2.33. The van der Waals surface area contributed by atoms with Crippen molar-refractivity contribution in [2.75, 3.05) is 0 Å². The molecule has 0 saturated carbocycles. The van der Waals surface area contributed by atoms with Crippen molar-refractivity contribution >= 4 is 9.84 Å². The zero-order chi connectivity index (χ0) is 16.7. The van der Waals surface area contributed by atoms with Crippen LogP contribution in [0.25, 0.3) is 0 Å². The third-order valence-electron chi connectivity index (χ3n) is 4.21. The first kappa shape index (κ1) is 16.2. The summed E-state index contributed by atoms with van der Waals surface area (Å²) in [5, 5.41) is 3.44. The Morgan fingerprint density at radius 1 is 1.26 bits per heavy atom. The highest BCUT2D eigenvalue weighted by molar-refractivity contribution is 7.90. The number of hydrogen-bond acceptors (Lipinski definition) is 5. The van der Waals surface area contributed by atoms with Crippen molar-refractivity contribution in [3.63, 3.8) is 0 Å². The fourth-order valence-corrected chi connectivity index (χ4v) is 4.78. The summed E-state index contributed by atoms with van der Waals surface area (Å²) in [5.74, 6) is 0.513. The lowest BCUT2D eigenvalue weighted by molar-refractivity contribution is 0.370. The normalized spacial score (nSPS) is 18.7. The highest BCUT2D eigenvalue weighted by atomic mass is 32.2. The van der Waals surface area contributed by atoms with Gasteiger partial charge < -0.3 is 4.52 Å². The van der Waals surface area contributed by atoms with E-state index in [-0.39, 0.29) is 17.1 Å². The largest absolute Gasteiger partial charge is 0.338 e. The second-order valence-corrected chi connectivity index (χ2v) is 9.33. The minimum absolute atomic E-state index is 0.179. The number of aryl methyl sites for hydroxylation is 1. The molecule has 1 aromatic carbocycles. The SMILES string of the molecule is CC(C)(C)c1noc(CS(=O)(=O)[C@H]2CCCc3ccccc32)n1. The summed E-state index contributed by atoms with van der Waals surface area (Å²) in [6, 6.07) is 7.80. The van der Waals surface area contributed by atoms with Gasteiger partial charge >= 0.3 is 0 Å². The van der Waals surface area contributed by atoms with E-state index in [0.29, 0.717) is 12.2 Å². The molecule has 1 aliphatic carbocycles. The number of aromatic nitrogens is 2. The van der Waals surface area contributed by atoms with Crippen LogP contribution < -0.4 is 0 Å². The van der Waals surface area contributed by atoms with Crippen LogP contribution in [0.15, 0.2) is 28.8 Å². The molecule has 1 atom stereocenters. The maximum Gasteiger partial charge on any atom is 0.241 e. The zero-order valence-corrected chi connectivity index (χ0v) is 14.6. The number of rotatable bonds is 3. The minimum Gasteiger partial charge on any atom is -0.338 e. The quantitative estimate of drug-likeness (QED) is 0.860. The second kappa shape index (κ2) is 5.74. The number of fused-ring (bicyclic) bond motifs is 1. The van der Waals surface area contributed by atoms with E-state index < -0.39 is 15.1 Å². The first-order valence-corrected chi connectivity index (χ1v) is 9.61. The summed E-state index contributed by atoms with van der Waals surface area (Å²) >= 11 is 0. The molecule has 1 aromatic heterocycles. The van der Waals surface area contributed by atoms with E-state index in [4.69, 9.17) is 4.52 Å². The van der Waals surface area contributed by atoms with Gasteiger partial charge in [0.25, 0.3) is 0 Å². The lowest BCUT2D eigenvalue weighted by Gasteiger charge is -2.24. The van der Waals surface area contributed by atoms with Gasteiger partial charge in [0.15, 0.2) is 15.7 Å². The van der Waals surface area contributed by atoms with E-state index in [0.717, 1.165) is 24.0 Å². The highest BCUT2D eigenvalue weighted by Crippen LogP contribution is 2.37. The topological polar surface area (TPSA) is 73.1 Å². The van der Waals surface area contributed by atoms with Crippen molar-refractivity contribution in [2.24, 2.45) is 0 Å². The van der Waals surface area contributed by atoms with Crippen molar-refractivity contribution in [3.05, 3.63) is 47.1 Å². The number of benzene rings is 1. The average Bonchev–Trinajstić information content (AvgIpc) is 2.94. The third-order valence-corrected chi connectivity index (χ3v) is 6.22. The summed E-state index contributed by atoms with van der Waals surface area (Å²) in [5.41, 5.74) is 1.80. The third kappa shape index (κ3) is 3.32. The average molecular weight is 334 g/mol. The van der Waals surface area contributed by atoms with Crippen LogP contribution in [-0.4, -0.2) is 18.6 Å². The van der Waals surface area contributed by atoms with E-state index >= 15 is 0 Å². The monoisotopic (exact) mass is 334 g/mol. The Morgan fingerprint density at radius 2 is 2.00 bits per heavy atom. The Hall–Kier alpha value is -1.69. The molecule has 3 rings (SSSR count). The lowest BCUT2D eigenvalue weighted by atomic mass is 9.91. The van der Waals surface area contributed by atoms with Crippen LogP contribution in [0.5, 0.6) is 0 Å². The lowest BCUT2D eigenvalue weighted by Crippen LogP contribution is -2.20. The first-order chi connectivity index (χ1) is 10.8. The van der Waals surface area contributed by atoms with E-state index in [9.17, 15) is 8.42 Å². The molecule has 0 fully saturated rings. The smallest absolute Gasteiger partial charge is 0.241 e. The maximum atomic E-state index is 12.8. The van der Waals surface area contributed by atoms with Gasteiger partial charge in [-0.05, 0) is 30.4 Å². The van der Waals surface area contributed by atoms with Gasteiger partial charge in [-0.1, -0.05) is 50.2 Å². The molecule has 0 amide bonds. The van der Waals surface area contributed by atoms with Gasteiger partial charge in [0.1, 0.15) is 5.75 Å². The standard InChI is InChI=1S/C17H22N2O3S/c1-17(2,3)16-18-15(22-19-16)11-23(20,21)14-10-6-8-12-7-4-5-9-13(12)14/h4-5,7,9,14H,6,8,10-11H2,1-3H3/t14-/m0/s1. The second-order valence-electron chi connectivity index (χ2n) is 7.15. The van der Waals surface area contributed by atoms with Crippen LogP contribution in [0, 0.1) is 0 Å². The van der Waals surface area contributed by atoms with Crippen molar-refractivity contribution in [1.82, 2.24) is 10.1 Å². The first-order valence-electron chi connectivity index (χ1n) is 7.90. The molecule has 0 N–H and O–H groups in total. The van der Waals surface area contributed by atoms with Crippen LogP contribution >= 0.6 is 0 Å². The summed E-state index contributed by atoms with van der Waals surface area (Å²) in [6.45, 7) is 5.90. The minimum atomic E-state index is -3.38. The Labute approximate surface area is 137 Å². The van der Waals surface area contributed by atoms with Gasteiger partial charge in [-0.3, -0.25) is 0 Å². The summed E-state index contributed by atoms with van der Waals surface area (Å²) in [4.78, 5) is 4.26. The molecule has 0 bridgehead atoms. The van der Waals surface area contributed by atoms with E-state index in [2.05, 4.69) is 10.1 Å². The Kier molecular flexibility index (Phi) is 4.04. The Balaban J connectivity index is 1.87. The molecule has 0 spiro atoms. The maximum absolute atomic E-state index is 12.8. The van der Waals surface area contributed by atoms with Crippen LogP contribution in [0.1, 0.15) is 61.7 Å². The van der Waals surface area contributed by atoms with Gasteiger partial charge in [0.2, 0.25) is 5.89 Å². The fourth-order valence-electron chi connectivity index (χ4n) is 2.97. The molecule has 6 heteroatoms. The molecule has 1 heterocycles. The molecule has 0 radical (unpaired) electrons. The van der Waals surface area contributed by atoms with Crippen molar-refractivity contribution < 1.29 is 12.9 Å². The van der Waals surface area contributed by atoms with E-state index in [1.807, 2.05) is 45.0 Å². The predicted molar refractivity (Wildman–Crippen MR) is 87.7 cm³/mol. The summed E-state index contributed by atoms with van der Waals surface area (Å²) < 4.78 is 30.9. The molecule has 0 unspecified atom stereocenters. The number of nitrogens with zero attached hydrogens (tertiary/aromatic N) is 2. The summed E-state index contributed by atoms with van der Waals surface area (Å²) in [6.07, 6.45) is 2.48. The molecule has 0 aliphatic heterocycles. The molecular weight excluding hydrogens is 312 g/mol. The molecule has 23 heavy (non-hydrogen) atoms. The van der Waals surface area contributed by atoms with Crippen LogP contribution in [0.2, 0.25) is 0 Å². The van der Waals surface area contributed by atoms with E-state index in [1.54, 1.807) is 0 Å². The predicted octanol–water partition coefficient (Wildman–Crippen LogP) is 3.36. The Morgan fingerprint density at radius 3 is 2.70 bits per heavy atom.